The zero-order valence-corrected chi connectivity index (χ0v) is 20.1. The lowest BCUT2D eigenvalue weighted by Gasteiger charge is -2.28. The molecule has 3 rings (SSSR count). The molecule has 0 spiro atoms. The van der Waals surface area contributed by atoms with E-state index < -0.39 is 17.7 Å². The van der Waals surface area contributed by atoms with Gasteiger partial charge in [0.2, 0.25) is 0 Å². The number of carbonyl (C=O) groups excluding carboxylic acids is 2. The average molecular weight is 497 g/mol. The Morgan fingerprint density at radius 1 is 1.12 bits per heavy atom. The second-order valence-electron chi connectivity index (χ2n) is 7.71. The van der Waals surface area contributed by atoms with E-state index in [1.807, 2.05) is 54.6 Å². The Bertz CT molecular complexity index is 1010. The number of amides is 1. The van der Waals surface area contributed by atoms with Crippen LogP contribution in [0.15, 0.2) is 76.5 Å². The van der Waals surface area contributed by atoms with E-state index in [1.165, 1.54) is 6.08 Å². The Hall–Kier alpha value is -2.70. The SMILES string of the molecule is CCN(CC)CCCN1C(=O)C(O)=C(C(=O)/C=C/c2ccccc2)C1c1cccc(Br)c1. The highest BCUT2D eigenvalue weighted by Gasteiger charge is 2.42. The molecule has 0 aromatic heterocycles. The van der Waals surface area contributed by atoms with Crippen molar-refractivity contribution >= 4 is 33.7 Å². The number of benzene rings is 2. The molecule has 1 unspecified atom stereocenters. The largest absolute Gasteiger partial charge is 0.503 e. The standard InChI is InChI=1S/C26H29BrN2O3/c1-3-28(4-2)16-9-17-29-24(20-12-8-13-21(27)18-20)23(25(31)26(29)32)22(30)15-14-19-10-6-5-7-11-19/h5-8,10-15,18,24,31H,3-4,9,16-17H2,1-2H3/b15-14+. The van der Waals surface area contributed by atoms with Gasteiger partial charge in [0.05, 0.1) is 11.6 Å². The molecule has 1 atom stereocenters. The van der Waals surface area contributed by atoms with Crippen molar-refractivity contribution in [2.75, 3.05) is 26.2 Å². The molecule has 32 heavy (non-hydrogen) atoms. The van der Waals surface area contributed by atoms with Crippen molar-refractivity contribution < 1.29 is 14.7 Å². The van der Waals surface area contributed by atoms with Gasteiger partial charge < -0.3 is 14.9 Å². The fraction of sp³-hybridized carbons (Fsp3) is 0.308. The summed E-state index contributed by atoms with van der Waals surface area (Å²) in [6.45, 7) is 7.40. The van der Waals surface area contributed by atoms with Crippen LogP contribution in [0.5, 0.6) is 0 Å². The Kier molecular flexibility index (Phi) is 8.42. The Morgan fingerprint density at radius 2 is 1.84 bits per heavy atom. The highest BCUT2D eigenvalue weighted by atomic mass is 79.9. The van der Waals surface area contributed by atoms with Gasteiger partial charge in [0.25, 0.3) is 5.91 Å². The minimum atomic E-state index is -0.621. The maximum atomic E-state index is 13.2. The van der Waals surface area contributed by atoms with Crippen LogP contribution in [0.2, 0.25) is 0 Å². The van der Waals surface area contributed by atoms with E-state index in [4.69, 9.17) is 0 Å². The number of aliphatic hydroxyl groups is 1. The van der Waals surface area contributed by atoms with E-state index in [-0.39, 0.29) is 11.4 Å². The molecule has 0 radical (unpaired) electrons. The predicted octanol–water partition coefficient (Wildman–Crippen LogP) is 5.16. The lowest BCUT2D eigenvalue weighted by Crippen LogP contribution is -2.34. The van der Waals surface area contributed by atoms with Crippen LogP contribution in [-0.4, -0.2) is 52.8 Å². The summed E-state index contributed by atoms with van der Waals surface area (Å²) in [4.78, 5) is 30.1. The summed E-state index contributed by atoms with van der Waals surface area (Å²) in [6, 6.07) is 16.4. The summed E-state index contributed by atoms with van der Waals surface area (Å²) in [5.74, 6) is -1.32. The van der Waals surface area contributed by atoms with Gasteiger partial charge in [-0.3, -0.25) is 9.59 Å². The number of hydrogen-bond donors (Lipinski definition) is 1. The smallest absolute Gasteiger partial charge is 0.290 e. The van der Waals surface area contributed by atoms with Gasteiger partial charge in [-0.1, -0.05) is 78.3 Å². The lowest BCUT2D eigenvalue weighted by atomic mass is 9.95. The molecule has 0 saturated carbocycles. The summed E-state index contributed by atoms with van der Waals surface area (Å²) in [7, 11) is 0. The van der Waals surface area contributed by atoms with Crippen molar-refractivity contribution in [3.05, 3.63) is 87.6 Å². The monoisotopic (exact) mass is 496 g/mol. The fourth-order valence-electron chi connectivity index (χ4n) is 3.99. The Morgan fingerprint density at radius 3 is 2.50 bits per heavy atom. The molecule has 0 bridgehead atoms. The van der Waals surface area contributed by atoms with Gasteiger partial charge in [-0.25, -0.2) is 0 Å². The first-order valence-corrected chi connectivity index (χ1v) is 11.7. The van der Waals surface area contributed by atoms with Gasteiger partial charge in [0.15, 0.2) is 11.5 Å². The molecule has 6 heteroatoms. The van der Waals surface area contributed by atoms with Gasteiger partial charge in [-0.2, -0.15) is 0 Å². The number of aliphatic hydroxyl groups excluding tert-OH is 1. The van der Waals surface area contributed by atoms with E-state index in [9.17, 15) is 14.7 Å². The van der Waals surface area contributed by atoms with Crippen molar-refractivity contribution in [2.45, 2.75) is 26.3 Å². The Balaban J connectivity index is 1.90. The number of ketones is 1. The molecule has 1 heterocycles. The molecule has 168 valence electrons. The molecule has 1 amide bonds. The fourth-order valence-corrected chi connectivity index (χ4v) is 4.41. The molecule has 0 aliphatic carbocycles. The maximum Gasteiger partial charge on any atom is 0.290 e. The molecule has 2 aromatic rings. The summed E-state index contributed by atoms with van der Waals surface area (Å²) in [6.07, 6.45) is 3.89. The average Bonchev–Trinajstić information content (AvgIpc) is 3.06. The third-order valence-electron chi connectivity index (χ3n) is 5.73. The summed E-state index contributed by atoms with van der Waals surface area (Å²) in [5.41, 5.74) is 1.79. The summed E-state index contributed by atoms with van der Waals surface area (Å²) < 4.78 is 0.851. The summed E-state index contributed by atoms with van der Waals surface area (Å²) >= 11 is 3.48. The van der Waals surface area contributed by atoms with E-state index >= 15 is 0 Å². The van der Waals surface area contributed by atoms with Gasteiger partial charge in [0.1, 0.15) is 0 Å². The van der Waals surface area contributed by atoms with E-state index in [2.05, 4.69) is 34.7 Å². The van der Waals surface area contributed by atoms with Crippen LogP contribution in [0, 0.1) is 0 Å². The van der Waals surface area contributed by atoms with Crippen molar-refractivity contribution in [2.24, 2.45) is 0 Å². The molecule has 5 nitrogen and oxygen atoms in total. The number of allylic oxidation sites excluding steroid dienone is 1. The molecular formula is C26H29BrN2O3. The number of halogens is 1. The third-order valence-corrected chi connectivity index (χ3v) is 6.22. The van der Waals surface area contributed by atoms with Gasteiger partial charge in [-0.05, 0) is 55.4 Å². The van der Waals surface area contributed by atoms with Gasteiger partial charge in [-0.15, -0.1) is 0 Å². The number of hydrogen-bond acceptors (Lipinski definition) is 4. The minimum absolute atomic E-state index is 0.128. The van der Waals surface area contributed by atoms with Crippen molar-refractivity contribution in [3.63, 3.8) is 0 Å². The first kappa shape index (κ1) is 24.0. The highest BCUT2D eigenvalue weighted by Crippen LogP contribution is 2.38. The van der Waals surface area contributed by atoms with Crippen molar-refractivity contribution in [1.29, 1.82) is 0 Å². The molecule has 2 aromatic carbocycles. The minimum Gasteiger partial charge on any atom is -0.503 e. The van der Waals surface area contributed by atoms with Crippen molar-refractivity contribution in [1.82, 2.24) is 9.80 Å². The zero-order chi connectivity index (χ0) is 23.1. The quantitative estimate of drug-likeness (QED) is 0.461. The molecule has 1 aliphatic heterocycles. The number of carbonyl (C=O) groups is 2. The highest BCUT2D eigenvalue weighted by molar-refractivity contribution is 9.10. The second kappa shape index (κ2) is 11.2. The molecule has 1 aliphatic rings. The van der Waals surface area contributed by atoms with E-state index in [1.54, 1.807) is 11.0 Å². The number of rotatable bonds is 10. The van der Waals surface area contributed by atoms with Crippen molar-refractivity contribution in [3.8, 4) is 0 Å². The van der Waals surface area contributed by atoms with Gasteiger partial charge >= 0.3 is 0 Å². The van der Waals surface area contributed by atoms with Crippen LogP contribution in [0.4, 0.5) is 0 Å². The second-order valence-corrected chi connectivity index (χ2v) is 8.62. The van der Waals surface area contributed by atoms with Gasteiger partial charge in [0, 0.05) is 11.0 Å². The first-order chi connectivity index (χ1) is 15.5. The Labute approximate surface area is 198 Å². The normalized spacial score (nSPS) is 16.6. The van der Waals surface area contributed by atoms with Crippen LogP contribution >= 0.6 is 15.9 Å². The predicted molar refractivity (Wildman–Crippen MR) is 131 cm³/mol. The maximum absolute atomic E-state index is 13.2. The molecular weight excluding hydrogens is 468 g/mol. The number of nitrogens with zero attached hydrogens (tertiary/aromatic N) is 2. The van der Waals surface area contributed by atoms with Crippen LogP contribution < -0.4 is 0 Å². The molecule has 0 saturated heterocycles. The van der Waals surface area contributed by atoms with Crippen LogP contribution in [0.3, 0.4) is 0 Å². The zero-order valence-electron chi connectivity index (χ0n) is 18.5. The lowest BCUT2D eigenvalue weighted by molar-refractivity contribution is -0.129. The molecule has 1 N–H and O–H groups in total. The van der Waals surface area contributed by atoms with E-state index in [0.29, 0.717) is 6.54 Å². The van der Waals surface area contributed by atoms with Crippen LogP contribution in [0.1, 0.15) is 37.4 Å². The summed E-state index contributed by atoms with van der Waals surface area (Å²) in [5, 5.41) is 10.7. The topological polar surface area (TPSA) is 60.9 Å². The first-order valence-electron chi connectivity index (χ1n) is 11.0. The molecule has 0 fully saturated rings. The van der Waals surface area contributed by atoms with Crippen LogP contribution in [0.25, 0.3) is 6.08 Å². The third kappa shape index (κ3) is 5.56. The van der Waals surface area contributed by atoms with Crippen LogP contribution in [-0.2, 0) is 9.59 Å². The van der Waals surface area contributed by atoms with E-state index in [0.717, 1.165) is 41.7 Å².